The summed E-state index contributed by atoms with van der Waals surface area (Å²) in [4.78, 5) is 12.0. The molecule has 0 radical (unpaired) electrons. The van der Waals surface area contributed by atoms with E-state index in [2.05, 4.69) is 19.0 Å². The first-order valence-electron chi connectivity index (χ1n) is 10.3. The average Bonchev–Trinajstić information content (AvgIpc) is 2.92. The van der Waals surface area contributed by atoms with Crippen molar-refractivity contribution in [1.82, 2.24) is 0 Å². The summed E-state index contributed by atoms with van der Waals surface area (Å²) in [5.74, 6) is 3.80. The zero-order chi connectivity index (χ0) is 17.8. The van der Waals surface area contributed by atoms with Crippen LogP contribution in [0.3, 0.4) is 0 Å². The molecule has 0 aromatic carbocycles. The number of rotatable bonds is 1. The highest BCUT2D eigenvalue weighted by Crippen LogP contribution is 2.66. The van der Waals surface area contributed by atoms with E-state index in [1.54, 1.807) is 6.92 Å². The summed E-state index contributed by atoms with van der Waals surface area (Å²) in [6.07, 6.45) is 10.3. The van der Waals surface area contributed by atoms with E-state index in [0.29, 0.717) is 23.0 Å². The third-order valence-corrected chi connectivity index (χ3v) is 8.85. The Labute approximate surface area is 151 Å². The minimum Gasteiger partial charge on any atom is -0.475 e. The summed E-state index contributed by atoms with van der Waals surface area (Å²) >= 11 is 0. The van der Waals surface area contributed by atoms with Crippen LogP contribution in [0, 0.1) is 34.5 Å². The van der Waals surface area contributed by atoms with Crippen molar-refractivity contribution in [2.24, 2.45) is 39.7 Å². The van der Waals surface area contributed by atoms with E-state index in [1.807, 2.05) is 0 Å². The molecule has 0 aromatic heterocycles. The van der Waals surface area contributed by atoms with Gasteiger partial charge < -0.3 is 9.94 Å². The normalized spacial score (nSPS) is 50.0. The molecule has 0 unspecified atom stereocenters. The van der Waals surface area contributed by atoms with Crippen LogP contribution in [0.5, 0.6) is 0 Å². The number of ketones is 1. The van der Waals surface area contributed by atoms with Crippen molar-refractivity contribution in [2.45, 2.75) is 84.7 Å². The molecule has 4 nitrogen and oxygen atoms in total. The Morgan fingerprint density at radius 1 is 1.08 bits per heavy atom. The standard InChI is InChI=1S/C21H33NO3/c1-13(22-24)25-19-7-6-17-16-5-4-14-12-15(23)8-10-20(14,2)18(16)9-11-21(17,19)3/h14,16-19,24H,4-12H2,1-3H3/b22-13+/t14-,16-,17-,18-,19-,20-,21-/m0/s1. The van der Waals surface area contributed by atoms with Crippen LogP contribution in [0.2, 0.25) is 0 Å². The number of ether oxygens (including phenoxy) is 1. The van der Waals surface area contributed by atoms with Crippen LogP contribution in [-0.4, -0.2) is 23.0 Å². The molecule has 4 aliphatic carbocycles. The van der Waals surface area contributed by atoms with Crippen molar-refractivity contribution < 1.29 is 14.7 Å². The fourth-order valence-electron chi connectivity index (χ4n) is 7.42. The van der Waals surface area contributed by atoms with Crippen molar-refractivity contribution >= 4 is 11.7 Å². The lowest BCUT2D eigenvalue weighted by Crippen LogP contribution is -2.54. The summed E-state index contributed by atoms with van der Waals surface area (Å²) in [5.41, 5.74) is 0.584. The first-order chi connectivity index (χ1) is 11.9. The molecular formula is C21H33NO3. The zero-order valence-corrected chi connectivity index (χ0v) is 16.0. The van der Waals surface area contributed by atoms with E-state index >= 15 is 0 Å². The van der Waals surface area contributed by atoms with Gasteiger partial charge in [0.15, 0.2) is 0 Å². The SMILES string of the molecule is C/C(=N\O)O[C@H]1CC[C@H]2[C@@H]3CC[C@H]4CC(=O)CC[C@]4(C)[C@H]3CC[C@]12C. The molecule has 0 bridgehead atoms. The Morgan fingerprint density at radius 3 is 2.60 bits per heavy atom. The molecule has 0 aliphatic heterocycles. The first-order valence-corrected chi connectivity index (χ1v) is 10.3. The highest BCUT2D eigenvalue weighted by molar-refractivity contribution is 5.79. The third kappa shape index (κ3) is 2.54. The number of hydrogen-bond acceptors (Lipinski definition) is 4. The van der Waals surface area contributed by atoms with Crippen molar-refractivity contribution in [3.63, 3.8) is 0 Å². The number of nitrogens with zero attached hydrogens (tertiary/aromatic N) is 1. The molecule has 0 amide bonds. The van der Waals surface area contributed by atoms with Crippen LogP contribution >= 0.6 is 0 Å². The molecule has 7 atom stereocenters. The Balaban J connectivity index is 1.57. The van der Waals surface area contributed by atoms with Gasteiger partial charge in [0, 0.05) is 25.2 Å². The Bertz CT molecular complexity index is 588. The number of hydrogen-bond donors (Lipinski definition) is 1. The van der Waals surface area contributed by atoms with Crippen molar-refractivity contribution in [3.8, 4) is 0 Å². The van der Waals surface area contributed by atoms with Gasteiger partial charge in [-0.05, 0) is 74.0 Å². The zero-order valence-electron chi connectivity index (χ0n) is 16.0. The monoisotopic (exact) mass is 347 g/mol. The molecule has 4 aliphatic rings. The maximum Gasteiger partial charge on any atom is 0.222 e. The van der Waals surface area contributed by atoms with E-state index in [9.17, 15) is 4.79 Å². The molecule has 0 heterocycles. The lowest BCUT2D eigenvalue weighted by Gasteiger charge is -2.60. The summed E-state index contributed by atoms with van der Waals surface area (Å²) < 4.78 is 6.01. The number of carbonyl (C=O) groups excluding carboxylic acids is 1. The second kappa shape index (κ2) is 5.99. The van der Waals surface area contributed by atoms with Crippen molar-refractivity contribution in [3.05, 3.63) is 0 Å². The molecule has 0 spiro atoms. The van der Waals surface area contributed by atoms with E-state index in [1.165, 1.54) is 32.1 Å². The van der Waals surface area contributed by atoms with Crippen LogP contribution in [-0.2, 0) is 9.53 Å². The Hall–Kier alpha value is -1.06. The van der Waals surface area contributed by atoms with Crippen LogP contribution in [0.1, 0.15) is 78.6 Å². The molecule has 4 rings (SSSR count). The quantitative estimate of drug-likeness (QED) is 0.321. The summed E-state index contributed by atoms with van der Waals surface area (Å²) in [6, 6.07) is 0. The average molecular weight is 347 g/mol. The van der Waals surface area contributed by atoms with Gasteiger partial charge >= 0.3 is 0 Å². The summed E-state index contributed by atoms with van der Waals surface area (Å²) in [5, 5.41) is 12.2. The van der Waals surface area contributed by atoms with Gasteiger partial charge in [-0.15, -0.1) is 0 Å². The second-order valence-electron chi connectivity index (χ2n) is 9.75. The van der Waals surface area contributed by atoms with E-state index < -0.39 is 0 Å². The van der Waals surface area contributed by atoms with Gasteiger partial charge in [-0.3, -0.25) is 4.79 Å². The highest BCUT2D eigenvalue weighted by atomic mass is 16.5. The van der Waals surface area contributed by atoms with Crippen LogP contribution < -0.4 is 0 Å². The minimum atomic E-state index is 0.188. The predicted molar refractivity (Wildman–Crippen MR) is 96.5 cm³/mol. The van der Waals surface area contributed by atoms with Gasteiger partial charge in [0.1, 0.15) is 11.9 Å². The molecule has 1 N–H and O–H groups in total. The maximum atomic E-state index is 12.0. The van der Waals surface area contributed by atoms with Gasteiger partial charge in [-0.25, -0.2) is 0 Å². The van der Waals surface area contributed by atoms with E-state index in [0.717, 1.165) is 43.4 Å². The fraction of sp³-hybridized carbons (Fsp3) is 0.905. The smallest absolute Gasteiger partial charge is 0.222 e. The highest BCUT2D eigenvalue weighted by Gasteiger charge is 2.60. The lowest BCUT2D eigenvalue weighted by molar-refractivity contribution is -0.141. The number of fused-ring (bicyclic) bond motifs is 5. The Morgan fingerprint density at radius 2 is 1.84 bits per heavy atom. The number of oxime groups is 1. The van der Waals surface area contributed by atoms with Gasteiger partial charge in [0.2, 0.25) is 5.90 Å². The van der Waals surface area contributed by atoms with Gasteiger partial charge in [-0.2, -0.15) is 0 Å². The van der Waals surface area contributed by atoms with Crippen molar-refractivity contribution in [2.75, 3.05) is 0 Å². The first kappa shape index (κ1) is 17.4. The molecule has 0 saturated heterocycles. The molecular weight excluding hydrogens is 314 g/mol. The fourth-order valence-corrected chi connectivity index (χ4v) is 7.42. The second-order valence-corrected chi connectivity index (χ2v) is 9.75. The number of Topliss-reactive ketones (excluding diaryl/α,β-unsaturated/α-hetero) is 1. The molecule has 25 heavy (non-hydrogen) atoms. The lowest BCUT2D eigenvalue weighted by atomic mass is 9.45. The summed E-state index contributed by atoms with van der Waals surface area (Å²) in [7, 11) is 0. The Kier molecular flexibility index (Phi) is 4.16. The van der Waals surface area contributed by atoms with Crippen LogP contribution in [0.25, 0.3) is 0 Å². The third-order valence-electron chi connectivity index (χ3n) is 8.85. The van der Waals surface area contributed by atoms with E-state index in [-0.39, 0.29) is 11.5 Å². The van der Waals surface area contributed by atoms with Crippen LogP contribution in [0.15, 0.2) is 5.16 Å². The topological polar surface area (TPSA) is 58.9 Å². The largest absolute Gasteiger partial charge is 0.475 e. The van der Waals surface area contributed by atoms with Gasteiger partial charge in [0.25, 0.3) is 0 Å². The number of carbonyl (C=O) groups is 1. The molecule has 4 fully saturated rings. The maximum absolute atomic E-state index is 12.0. The molecule has 140 valence electrons. The van der Waals surface area contributed by atoms with Crippen molar-refractivity contribution in [1.29, 1.82) is 0 Å². The van der Waals surface area contributed by atoms with Crippen LogP contribution in [0.4, 0.5) is 0 Å². The van der Waals surface area contributed by atoms with Gasteiger partial charge in [-0.1, -0.05) is 19.0 Å². The van der Waals surface area contributed by atoms with Gasteiger partial charge in [0.05, 0.1) is 0 Å². The van der Waals surface area contributed by atoms with E-state index in [4.69, 9.17) is 9.94 Å². The summed E-state index contributed by atoms with van der Waals surface area (Å²) in [6.45, 7) is 6.65. The molecule has 4 heteroatoms. The molecule has 0 aromatic rings. The predicted octanol–water partition coefficient (Wildman–Crippen LogP) is 4.79. The minimum absolute atomic E-state index is 0.188. The molecule has 4 saturated carbocycles.